The Labute approximate surface area is 129 Å². The quantitative estimate of drug-likeness (QED) is 0.776. The van der Waals surface area contributed by atoms with Gasteiger partial charge in [-0.05, 0) is 19.1 Å². The summed E-state index contributed by atoms with van der Waals surface area (Å²) in [5.41, 5.74) is 0. The van der Waals surface area contributed by atoms with Crippen molar-refractivity contribution in [1.29, 1.82) is 0 Å². The molecule has 2 atom stereocenters. The Morgan fingerprint density at radius 2 is 2.05 bits per heavy atom. The van der Waals surface area contributed by atoms with Crippen LogP contribution in [-0.2, 0) is 14.3 Å². The summed E-state index contributed by atoms with van der Waals surface area (Å²) >= 11 is 0. The van der Waals surface area contributed by atoms with Crippen molar-refractivity contribution in [3.05, 3.63) is 24.3 Å². The molecule has 0 aliphatic carbocycles. The molecule has 2 heterocycles. The minimum absolute atomic E-state index is 0.181. The van der Waals surface area contributed by atoms with E-state index >= 15 is 0 Å². The van der Waals surface area contributed by atoms with Crippen molar-refractivity contribution < 1.29 is 23.7 Å². The number of esters is 1. The van der Waals surface area contributed by atoms with Crippen LogP contribution in [0.5, 0.6) is 11.5 Å². The summed E-state index contributed by atoms with van der Waals surface area (Å²) in [7, 11) is 0. The molecule has 0 saturated carbocycles. The third-order valence-corrected chi connectivity index (χ3v) is 3.71. The van der Waals surface area contributed by atoms with Crippen LogP contribution in [0.15, 0.2) is 24.3 Å². The lowest BCUT2D eigenvalue weighted by Gasteiger charge is -2.30. The lowest BCUT2D eigenvalue weighted by Crippen LogP contribution is -2.44. The lowest BCUT2D eigenvalue weighted by atomic mass is 10.2. The Hall–Kier alpha value is -1.79. The molecular weight excluding hydrogens is 286 g/mol. The highest BCUT2D eigenvalue weighted by molar-refractivity contribution is 5.76. The summed E-state index contributed by atoms with van der Waals surface area (Å²) in [6.07, 6.45) is -0.895. The Kier molecular flexibility index (Phi) is 4.80. The Morgan fingerprint density at radius 3 is 2.82 bits per heavy atom. The fraction of sp³-hybridized carbons (Fsp3) is 0.562. The third-order valence-electron chi connectivity index (χ3n) is 3.71. The zero-order valence-electron chi connectivity index (χ0n) is 12.7. The fourth-order valence-electron chi connectivity index (χ4n) is 2.59. The minimum atomic E-state index is -0.706. The maximum absolute atomic E-state index is 12.2. The molecule has 0 bridgehead atoms. The molecule has 1 saturated heterocycles. The van der Waals surface area contributed by atoms with E-state index in [2.05, 4.69) is 4.90 Å². The number of nitrogens with zero attached hydrogens (tertiary/aromatic N) is 1. The zero-order valence-corrected chi connectivity index (χ0v) is 12.7. The van der Waals surface area contributed by atoms with E-state index in [1.54, 1.807) is 6.07 Å². The molecule has 120 valence electrons. The van der Waals surface area contributed by atoms with E-state index < -0.39 is 6.10 Å². The van der Waals surface area contributed by atoms with Crippen molar-refractivity contribution in [3.63, 3.8) is 0 Å². The standard InChI is InChI=1S/C16H21NO5/c1-12(10-17-6-8-19-9-7-17)21-16(18)15-11-20-13-4-2-3-5-14(13)22-15/h2-5,12,15H,6-11H2,1H3. The van der Waals surface area contributed by atoms with Gasteiger partial charge in [0, 0.05) is 19.6 Å². The molecular formula is C16H21NO5. The maximum Gasteiger partial charge on any atom is 0.351 e. The number of hydrogen-bond donors (Lipinski definition) is 0. The van der Waals surface area contributed by atoms with Crippen molar-refractivity contribution in [1.82, 2.24) is 4.90 Å². The van der Waals surface area contributed by atoms with Crippen LogP contribution in [0, 0.1) is 0 Å². The number of benzene rings is 1. The van der Waals surface area contributed by atoms with Gasteiger partial charge in [-0.1, -0.05) is 12.1 Å². The summed E-state index contributed by atoms with van der Waals surface area (Å²) < 4.78 is 22.0. The molecule has 1 aromatic carbocycles. The molecule has 0 amide bonds. The van der Waals surface area contributed by atoms with Crippen molar-refractivity contribution in [2.45, 2.75) is 19.1 Å². The molecule has 6 nitrogen and oxygen atoms in total. The first-order valence-corrected chi connectivity index (χ1v) is 7.61. The molecule has 1 fully saturated rings. The average Bonchev–Trinajstić information content (AvgIpc) is 2.55. The number of morpholine rings is 1. The summed E-state index contributed by atoms with van der Waals surface area (Å²) in [4.78, 5) is 14.4. The van der Waals surface area contributed by atoms with Gasteiger partial charge in [-0.25, -0.2) is 4.79 Å². The van der Waals surface area contributed by atoms with Crippen molar-refractivity contribution in [2.75, 3.05) is 39.5 Å². The van der Waals surface area contributed by atoms with Crippen LogP contribution in [0.1, 0.15) is 6.92 Å². The van der Waals surface area contributed by atoms with E-state index in [4.69, 9.17) is 18.9 Å². The molecule has 0 spiro atoms. The lowest BCUT2D eigenvalue weighted by molar-refractivity contribution is -0.160. The molecule has 22 heavy (non-hydrogen) atoms. The number of rotatable bonds is 4. The van der Waals surface area contributed by atoms with Gasteiger partial charge in [-0.15, -0.1) is 0 Å². The zero-order chi connectivity index (χ0) is 15.4. The smallest absolute Gasteiger partial charge is 0.351 e. The van der Waals surface area contributed by atoms with E-state index in [9.17, 15) is 4.79 Å². The van der Waals surface area contributed by atoms with Crippen LogP contribution in [0.25, 0.3) is 0 Å². The predicted octanol–water partition coefficient (Wildman–Crippen LogP) is 1.09. The largest absolute Gasteiger partial charge is 0.485 e. The van der Waals surface area contributed by atoms with Gasteiger partial charge in [0.15, 0.2) is 11.5 Å². The molecule has 0 N–H and O–H groups in total. The van der Waals surface area contributed by atoms with Crippen LogP contribution in [0.2, 0.25) is 0 Å². The van der Waals surface area contributed by atoms with Crippen molar-refractivity contribution in [3.8, 4) is 11.5 Å². The van der Waals surface area contributed by atoms with E-state index in [1.165, 1.54) is 0 Å². The molecule has 2 unspecified atom stereocenters. The Morgan fingerprint density at radius 1 is 1.32 bits per heavy atom. The van der Waals surface area contributed by atoms with Gasteiger partial charge >= 0.3 is 5.97 Å². The number of ether oxygens (including phenoxy) is 4. The number of hydrogen-bond acceptors (Lipinski definition) is 6. The van der Waals surface area contributed by atoms with Crippen molar-refractivity contribution in [2.24, 2.45) is 0 Å². The summed E-state index contributed by atoms with van der Waals surface area (Å²) in [5, 5.41) is 0. The van der Waals surface area contributed by atoms with Crippen LogP contribution in [0.3, 0.4) is 0 Å². The number of carbonyl (C=O) groups is 1. The van der Waals surface area contributed by atoms with Gasteiger partial charge in [0.05, 0.1) is 13.2 Å². The average molecular weight is 307 g/mol. The SMILES string of the molecule is CC(CN1CCOCC1)OC(=O)C1COc2ccccc2O1. The Bertz CT molecular complexity index is 515. The van der Waals surface area contributed by atoms with E-state index in [0.29, 0.717) is 18.0 Å². The van der Waals surface area contributed by atoms with Crippen LogP contribution >= 0.6 is 0 Å². The second-order valence-electron chi connectivity index (χ2n) is 5.52. The van der Waals surface area contributed by atoms with Gasteiger partial charge in [0.1, 0.15) is 12.7 Å². The molecule has 3 rings (SSSR count). The first-order chi connectivity index (χ1) is 10.7. The highest BCUT2D eigenvalue weighted by Crippen LogP contribution is 2.31. The highest BCUT2D eigenvalue weighted by atomic mass is 16.6. The highest BCUT2D eigenvalue weighted by Gasteiger charge is 2.30. The van der Waals surface area contributed by atoms with E-state index in [0.717, 1.165) is 26.3 Å². The van der Waals surface area contributed by atoms with Gasteiger partial charge in [0.2, 0.25) is 6.10 Å². The third kappa shape index (κ3) is 3.69. The normalized spacial score (nSPS) is 22.9. The van der Waals surface area contributed by atoms with Crippen LogP contribution < -0.4 is 9.47 Å². The van der Waals surface area contributed by atoms with E-state index in [1.807, 2.05) is 25.1 Å². The molecule has 0 aromatic heterocycles. The van der Waals surface area contributed by atoms with Crippen LogP contribution in [-0.4, -0.2) is 62.5 Å². The van der Waals surface area contributed by atoms with Gasteiger partial charge in [-0.2, -0.15) is 0 Å². The van der Waals surface area contributed by atoms with Crippen molar-refractivity contribution >= 4 is 5.97 Å². The number of para-hydroxylation sites is 2. The second kappa shape index (κ2) is 6.98. The summed E-state index contributed by atoms with van der Waals surface area (Å²) in [6, 6.07) is 7.31. The van der Waals surface area contributed by atoms with Gasteiger partial charge in [-0.3, -0.25) is 4.90 Å². The van der Waals surface area contributed by atoms with E-state index in [-0.39, 0.29) is 18.7 Å². The first-order valence-electron chi connectivity index (χ1n) is 7.61. The molecule has 0 radical (unpaired) electrons. The molecule has 2 aliphatic heterocycles. The second-order valence-corrected chi connectivity index (χ2v) is 5.52. The summed E-state index contributed by atoms with van der Waals surface area (Å²) in [5.74, 6) is 0.861. The topological polar surface area (TPSA) is 57.2 Å². The van der Waals surface area contributed by atoms with Crippen LogP contribution in [0.4, 0.5) is 0 Å². The minimum Gasteiger partial charge on any atom is -0.485 e. The fourth-order valence-corrected chi connectivity index (χ4v) is 2.59. The number of carbonyl (C=O) groups excluding carboxylic acids is 1. The molecule has 2 aliphatic rings. The maximum atomic E-state index is 12.2. The molecule has 6 heteroatoms. The number of fused-ring (bicyclic) bond motifs is 1. The Balaban J connectivity index is 1.49. The summed E-state index contributed by atoms with van der Waals surface area (Å²) in [6.45, 7) is 6.00. The predicted molar refractivity (Wildman–Crippen MR) is 79.2 cm³/mol. The molecule has 1 aromatic rings. The first kappa shape index (κ1) is 15.1. The monoisotopic (exact) mass is 307 g/mol. The van der Waals surface area contributed by atoms with Gasteiger partial charge in [0.25, 0.3) is 0 Å². The van der Waals surface area contributed by atoms with Gasteiger partial charge < -0.3 is 18.9 Å².